The van der Waals surface area contributed by atoms with Gasteiger partial charge < -0.3 is 5.32 Å². The van der Waals surface area contributed by atoms with Crippen LogP contribution in [0, 0.1) is 0 Å². The van der Waals surface area contributed by atoms with Crippen LogP contribution in [-0.2, 0) is 6.54 Å². The Balaban J connectivity index is 1.47. The highest BCUT2D eigenvalue weighted by molar-refractivity contribution is 7.07. The Bertz CT molecular complexity index is 342. The highest BCUT2D eigenvalue weighted by Crippen LogP contribution is 2.28. The summed E-state index contributed by atoms with van der Waals surface area (Å²) in [4.78, 5) is 5.28. The molecule has 3 nitrogen and oxygen atoms in total. The minimum absolute atomic E-state index is 0.868. The molecule has 2 aliphatic rings. The van der Waals surface area contributed by atoms with Gasteiger partial charge in [-0.2, -0.15) is 11.3 Å². The second-order valence-corrected chi connectivity index (χ2v) is 6.20. The molecule has 1 aliphatic heterocycles. The van der Waals surface area contributed by atoms with Crippen molar-refractivity contribution in [3.63, 3.8) is 0 Å². The molecule has 100 valence electrons. The summed E-state index contributed by atoms with van der Waals surface area (Å²) in [5.41, 5.74) is 1.49. The zero-order valence-corrected chi connectivity index (χ0v) is 11.8. The SMILES string of the molecule is c1cc(CN(CCN2CCNCC2)C2CC2)cs1. The molecule has 3 rings (SSSR count). The normalized spacial score (nSPS) is 21.6. The summed E-state index contributed by atoms with van der Waals surface area (Å²) < 4.78 is 0. The zero-order chi connectivity index (χ0) is 12.2. The Morgan fingerprint density at radius 3 is 2.83 bits per heavy atom. The lowest BCUT2D eigenvalue weighted by atomic mass is 10.3. The first-order valence-electron chi connectivity index (χ1n) is 7.10. The third-order valence-electron chi connectivity index (χ3n) is 3.94. The average molecular weight is 265 g/mol. The molecule has 1 saturated heterocycles. The average Bonchev–Trinajstić information content (AvgIpc) is 3.13. The van der Waals surface area contributed by atoms with Crippen molar-refractivity contribution in [3.8, 4) is 0 Å². The van der Waals surface area contributed by atoms with E-state index in [4.69, 9.17) is 0 Å². The number of hydrogen-bond acceptors (Lipinski definition) is 4. The molecule has 1 aromatic heterocycles. The monoisotopic (exact) mass is 265 g/mol. The Hall–Kier alpha value is -0.420. The van der Waals surface area contributed by atoms with E-state index < -0.39 is 0 Å². The summed E-state index contributed by atoms with van der Waals surface area (Å²) in [6, 6.07) is 3.14. The molecule has 0 aromatic carbocycles. The van der Waals surface area contributed by atoms with E-state index in [9.17, 15) is 0 Å². The fourth-order valence-electron chi connectivity index (χ4n) is 2.65. The van der Waals surface area contributed by atoms with E-state index in [2.05, 4.69) is 31.9 Å². The van der Waals surface area contributed by atoms with Crippen molar-refractivity contribution in [2.75, 3.05) is 39.3 Å². The first kappa shape index (κ1) is 12.6. The molecule has 1 aliphatic carbocycles. The number of thiophene rings is 1. The van der Waals surface area contributed by atoms with Crippen molar-refractivity contribution in [2.45, 2.75) is 25.4 Å². The van der Waals surface area contributed by atoms with Gasteiger partial charge in [0.15, 0.2) is 0 Å². The van der Waals surface area contributed by atoms with Crippen LogP contribution in [0.1, 0.15) is 18.4 Å². The van der Waals surface area contributed by atoms with Crippen LogP contribution in [0.3, 0.4) is 0 Å². The van der Waals surface area contributed by atoms with Crippen molar-refractivity contribution >= 4 is 11.3 Å². The van der Waals surface area contributed by atoms with Gasteiger partial charge in [-0.1, -0.05) is 0 Å². The van der Waals surface area contributed by atoms with Gasteiger partial charge in [-0.25, -0.2) is 0 Å². The van der Waals surface area contributed by atoms with Gasteiger partial charge in [0.05, 0.1) is 0 Å². The molecule has 0 unspecified atom stereocenters. The Morgan fingerprint density at radius 2 is 2.17 bits per heavy atom. The molecule has 0 bridgehead atoms. The van der Waals surface area contributed by atoms with Crippen LogP contribution >= 0.6 is 11.3 Å². The van der Waals surface area contributed by atoms with E-state index in [-0.39, 0.29) is 0 Å². The quantitative estimate of drug-likeness (QED) is 0.843. The molecule has 0 radical (unpaired) electrons. The molecule has 4 heteroatoms. The van der Waals surface area contributed by atoms with Crippen LogP contribution in [0.25, 0.3) is 0 Å². The molecule has 1 N–H and O–H groups in total. The fourth-order valence-corrected chi connectivity index (χ4v) is 3.31. The van der Waals surface area contributed by atoms with Gasteiger partial charge in [-0.3, -0.25) is 9.80 Å². The smallest absolute Gasteiger partial charge is 0.0245 e. The minimum Gasteiger partial charge on any atom is -0.314 e. The second-order valence-electron chi connectivity index (χ2n) is 5.42. The molecule has 0 atom stereocenters. The Labute approximate surface area is 114 Å². The number of hydrogen-bond donors (Lipinski definition) is 1. The molecular weight excluding hydrogens is 242 g/mol. The van der Waals surface area contributed by atoms with Crippen LogP contribution in [0.15, 0.2) is 16.8 Å². The van der Waals surface area contributed by atoms with E-state index >= 15 is 0 Å². The van der Waals surface area contributed by atoms with E-state index in [1.165, 1.54) is 44.6 Å². The van der Waals surface area contributed by atoms with Gasteiger partial charge in [-0.15, -0.1) is 0 Å². The maximum atomic E-state index is 3.42. The topological polar surface area (TPSA) is 18.5 Å². The predicted molar refractivity (Wildman–Crippen MR) is 77.1 cm³/mol. The molecule has 2 fully saturated rings. The summed E-state index contributed by atoms with van der Waals surface area (Å²) in [7, 11) is 0. The van der Waals surface area contributed by atoms with Crippen LogP contribution in [0.2, 0.25) is 0 Å². The molecule has 1 aromatic rings. The van der Waals surface area contributed by atoms with Gasteiger partial charge in [0.25, 0.3) is 0 Å². The lowest BCUT2D eigenvalue weighted by Gasteiger charge is -2.30. The van der Waals surface area contributed by atoms with Crippen LogP contribution in [0.5, 0.6) is 0 Å². The van der Waals surface area contributed by atoms with Gasteiger partial charge in [0.2, 0.25) is 0 Å². The zero-order valence-electron chi connectivity index (χ0n) is 11.0. The summed E-state index contributed by atoms with van der Waals surface area (Å²) in [5, 5.41) is 7.90. The predicted octanol–water partition coefficient (Wildman–Crippen LogP) is 1.62. The fraction of sp³-hybridized carbons (Fsp3) is 0.714. The second kappa shape index (κ2) is 6.15. The molecule has 1 saturated carbocycles. The van der Waals surface area contributed by atoms with Crippen molar-refractivity contribution < 1.29 is 0 Å². The Morgan fingerprint density at radius 1 is 1.33 bits per heavy atom. The molecule has 2 heterocycles. The first-order chi connectivity index (χ1) is 8.92. The van der Waals surface area contributed by atoms with Crippen LogP contribution in [-0.4, -0.2) is 55.1 Å². The standard InChI is InChI=1S/C14H23N3S/c1-2-14(1)17(11-13-3-10-18-12-13)9-8-16-6-4-15-5-7-16/h3,10,12,14-15H,1-2,4-9,11H2. The largest absolute Gasteiger partial charge is 0.314 e. The molecule has 18 heavy (non-hydrogen) atoms. The van der Waals surface area contributed by atoms with Gasteiger partial charge >= 0.3 is 0 Å². The summed E-state index contributed by atoms with van der Waals surface area (Å²) >= 11 is 1.81. The lowest BCUT2D eigenvalue weighted by Crippen LogP contribution is -2.46. The van der Waals surface area contributed by atoms with Gasteiger partial charge in [0.1, 0.15) is 0 Å². The number of nitrogens with zero attached hydrogens (tertiary/aromatic N) is 2. The van der Waals surface area contributed by atoms with Crippen molar-refractivity contribution in [2.24, 2.45) is 0 Å². The van der Waals surface area contributed by atoms with Crippen molar-refractivity contribution in [1.29, 1.82) is 0 Å². The minimum atomic E-state index is 0.868. The van der Waals surface area contributed by atoms with Crippen molar-refractivity contribution in [1.82, 2.24) is 15.1 Å². The summed E-state index contributed by atoms with van der Waals surface area (Å²) in [6.45, 7) is 8.39. The maximum Gasteiger partial charge on any atom is 0.0245 e. The maximum absolute atomic E-state index is 3.42. The number of nitrogens with one attached hydrogen (secondary N) is 1. The van der Waals surface area contributed by atoms with Crippen LogP contribution in [0.4, 0.5) is 0 Å². The highest BCUT2D eigenvalue weighted by Gasteiger charge is 2.29. The molecular formula is C14H23N3S. The van der Waals surface area contributed by atoms with Crippen LogP contribution < -0.4 is 5.32 Å². The lowest BCUT2D eigenvalue weighted by molar-refractivity contribution is 0.179. The van der Waals surface area contributed by atoms with E-state index in [1.54, 1.807) is 0 Å². The molecule has 0 amide bonds. The van der Waals surface area contributed by atoms with Gasteiger partial charge in [0, 0.05) is 51.9 Å². The highest BCUT2D eigenvalue weighted by atomic mass is 32.1. The van der Waals surface area contributed by atoms with E-state index in [0.29, 0.717) is 0 Å². The van der Waals surface area contributed by atoms with E-state index in [0.717, 1.165) is 25.7 Å². The summed E-state index contributed by atoms with van der Waals surface area (Å²) in [6.07, 6.45) is 2.82. The first-order valence-corrected chi connectivity index (χ1v) is 8.04. The summed E-state index contributed by atoms with van der Waals surface area (Å²) in [5.74, 6) is 0. The third kappa shape index (κ3) is 3.54. The molecule has 0 spiro atoms. The van der Waals surface area contributed by atoms with Crippen molar-refractivity contribution in [3.05, 3.63) is 22.4 Å². The third-order valence-corrected chi connectivity index (χ3v) is 4.67. The van der Waals surface area contributed by atoms with E-state index in [1.807, 2.05) is 11.3 Å². The van der Waals surface area contributed by atoms with Gasteiger partial charge in [-0.05, 0) is 35.2 Å². The Kier molecular flexibility index (Phi) is 4.31. The number of rotatable bonds is 6. The number of piperazine rings is 1.